The average Bonchev–Trinajstić information content (AvgIpc) is 2.15. The van der Waals surface area contributed by atoms with Gasteiger partial charge in [0, 0.05) is 16.9 Å². The first kappa shape index (κ1) is 10.4. The third kappa shape index (κ3) is 3.70. The van der Waals surface area contributed by atoms with Crippen LogP contribution in [0.3, 0.4) is 0 Å². The molecule has 71 valence electrons. The molecule has 1 aromatic carbocycles. The Kier molecular flexibility index (Phi) is 4.12. The molecule has 0 aliphatic rings. The van der Waals surface area contributed by atoms with Crippen molar-refractivity contribution in [3.8, 4) is 5.75 Å². The van der Waals surface area contributed by atoms with Crippen LogP contribution < -0.4 is 4.74 Å². The van der Waals surface area contributed by atoms with Crippen LogP contribution in [0.1, 0.15) is 13.8 Å². The predicted molar refractivity (Wildman–Crippen MR) is 54.5 cm³/mol. The summed E-state index contributed by atoms with van der Waals surface area (Å²) in [7, 11) is 3.32. The van der Waals surface area contributed by atoms with Crippen LogP contribution in [-0.4, -0.2) is 6.10 Å². The van der Waals surface area contributed by atoms with Gasteiger partial charge in [0.2, 0.25) is 0 Å². The second-order valence-electron chi connectivity index (χ2n) is 2.84. The zero-order valence-electron chi connectivity index (χ0n) is 7.82. The van der Waals surface area contributed by atoms with E-state index in [1.165, 1.54) is 12.0 Å². The van der Waals surface area contributed by atoms with Crippen molar-refractivity contribution < 1.29 is 8.92 Å². The lowest BCUT2D eigenvalue weighted by Gasteiger charge is -2.05. The van der Waals surface area contributed by atoms with Crippen LogP contribution >= 0.6 is 12.0 Å². The molecule has 1 radical (unpaired) electrons. The standard InChI is InChI=1S/C10H13O2S/c1-8(2)12-13-10-6-4-9(11-3)5-7-10/h4-8H,3H2,1-2H3. The molecule has 0 saturated heterocycles. The molecular formula is C10H13O2S. The van der Waals surface area contributed by atoms with E-state index in [0.29, 0.717) is 0 Å². The SMILES string of the molecule is [CH2]Oc1ccc(SOC(C)C)cc1. The molecule has 0 aliphatic carbocycles. The minimum absolute atomic E-state index is 0.230. The van der Waals surface area contributed by atoms with Crippen molar-refractivity contribution in [1.29, 1.82) is 0 Å². The van der Waals surface area contributed by atoms with Crippen LogP contribution in [0, 0.1) is 7.11 Å². The first-order valence-electron chi connectivity index (χ1n) is 4.08. The van der Waals surface area contributed by atoms with Crippen LogP contribution in [-0.2, 0) is 4.18 Å². The van der Waals surface area contributed by atoms with E-state index in [0.717, 1.165) is 10.6 Å². The van der Waals surface area contributed by atoms with Crippen molar-refractivity contribution in [3.63, 3.8) is 0 Å². The highest BCUT2D eigenvalue weighted by molar-refractivity contribution is 7.94. The number of benzene rings is 1. The third-order valence-corrected chi connectivity index (χ3v) is 2.27. The Balaban J connectivity index is 2.49. The summed E-state index contributed by atoms with van der Waals surface area (Å²) in [5, 5.41) is 0. The molecule has 0 N–H and O–H groups in total. The second kappa shape index (κ2) is 5.14. The van der Waals surface area contributed by atoms with E-state index in [2.05, 4.69) is 7.11 Å². The van der Waals surface area contributed by atoms with Gasteiger partial charge in [-0.05, 0) is 38.1 Å². The number of hydrogen-bond acceptors (Lipinski definition) is 3. The molecular weight excluding hydrogens is 184 g/mol. The van der Waals surface area contributed by atoms with Gasteiger partial charge in [0.1, 0.15) is 12.9 Å². The summed E-state index contributed by atoms with van der Waals surface area (Å²) in [6.07, 6.45) is 0.230. The van der Waals surface area contributed by atoms with Gasteiger partial charge in [0.15, 0.2) is 0 Å². The van der Waals surface area contributed by atoms with Crippen molar-refractivity contribution >= 4 is 12.0 Å². The molecule has 0 aliphatic heterocycles. The topological polar surface area (TPSA) is 18.5 Å². The molecule has 0 fully saturated rings. The van der Waals surface area contributed by atoms with Crippen LogP contribution in [0.2, 0.25) is 0 Å². The van der Waals surface area contributed by atoms with Gasteiger partial charge < -0.3 is 8.92 Å². The van der Waals surface area contributed by atoms with Crippen molar-refractivity contribution in [1.82, 2.24) is 0 Å². The van der Waals surface area contributed by atoms with Gasteiger partial charge in [-0.25, -0.2) is 0 Å². The maximum atomic E-state index is 5.36. The fourth-order valence-corrected chi connectivity index (χ4v) is 1.29. The summed E-state index contributed by atoms with van der Waals surface area (Å²) in [4.78, 5) is 1.06. The highest BCUT2D eigenvalue weighted by Crippen LogP contribution is 2.23. The fourth-order valence-electron chi connectivity index (χ4n) is 0.743. The van der Waals surface area contributed by atoms with E-state index < -0.39 is 0 Å². The van der Waals surface area contributed by atoms with Gasteiger partial charge in [-0.1, -0.05) is 0 Å². The zero-order chi connectivity index (χ0) is 9.68. The molecule has 0 atom stereocenters. The summed E-state index contributed by atoms with van der Waals surface area (Å²) >= 11 is 1.37. The maximum absolute atomic E-state index is 5.36. The Bertz CT molecular complexity index is 244. The molecule has 0 unspecified atom stereocenters. The van der Waals surface area contributed by atoms with Gasteiger partial charge in [-0.2, -0.15) is 0 Å². The van der Waals surface area contributed by atoms with E-state index in [9.17, 15) is 0 Å². The van der Waals surface area contributed by atoms with E-state index in [1.54, 1.807) is 0 Å². The summed E-state index contributed by atoms with van der Waals surface area (Å²) in [6.45, 7) is 4.00. The summed E-state index contributed by atoms with van der Waals surface area (Å²) in [5.74, 6) is 0.758. The van der Waals surface area contributed by atoms with Crippen LogP contribution in [0.25, 0.3) is 0 Å². The second-order valence-corrected chi connectivity index (χ2v) is 3.67. The maximum Gasteiger partial charge on any atom is 0.122 e. The van der Waals surface area contributed by atoms with Crippen LogP contribution in [0.4, 0.5) is 0 Å². The van der Waals surface area contributed by atoms with Crippen molar-refractivity contribution in [2.45, 2.75) is 24.8 Å². The number of hydrogen-bond donors (Lipinski definition) is 0. The highest BCUT2D eigenvalue weighted by Gasteiger charge is 1.97. The molecule has 13 heavy (non-hydrogen) atoms. The predicted octanol–water partition coefficient (Wildman–Crippen LogP) is 3.29. The normalized spacial score (nSPS) is 10.5. The molecule has 0 amide bonds. The van der Waals surface area contributed by atoms with Gasteiger partial charge >= 0.3 is 0 Å². The molecule has 0 heterocycles. The van der Waals surface area contributed by atoms with Gasteiger partial charge in [-0.15, -0.1) is 0 Å². The molecule has 1 rings (SSSR count). The lowest BCUT2D eigenvalue weighted by atomic mass is 10.3. The van der Waals surface area contributed by atoms with E-state index in [-0.39, 0.29) is 6.10 Å². The molecule has 3 heteroatoms. The molecule has 0 aromatic heterocycles. The van der Waals surface area contributed by atoms with Gasteiger partial charge in [-0.3, -0.25) is 0 Å². The highest BCUT2D eigenvalue weighted by atomic mass is 32.2. The minimum Gasteiger partial charge on any atom is -0.490 e. The molecule has 0 spiro atoms. The Hall–Kier alpha value is -0.670. The lowest BCUT2D eigenvalue weighted by Crippen LogP contribution is -1.93. The lowest BCUT2D eigenvalue weighted by molar-refractivity contribution is 0.289. The Morgan fingerprint density at radius 3 is 2.31 bits per heavy atom. The molecule has 1 aromatic rings. The van der Waals surface area contributed by atoms with Gasteiger partial charge in [0.25, 0.3) is 0 Å². The number of ether oxygens (including phenoxy) is 1. The summed E-state index contributed by atoms with van der Waals surface area (Å²) in [5.41, 5.74) is 0. The summed E-state index contributed by atoms with van der Waals surface area (Å²) in [6, 6.07) is 7.60. The average molecular weight is 197 g/mol. The smallest absolute Gasteiger partial charge is 0.122 e. The van der Waals surface area contributed by atoms with E-state index >= 15 is 0 Å². The first-order valence-corrected chi connectivity index (χ1v) is 4.82. The Labute approximate surface area is 83.5 Å². The van der Waals surface area contributed by atoms with E-state index in [4.69, 9.17) is 8.92 Å². The Morgan fingerprint density at radius 2 is 1.85 bits per heavy atom. The summed E-state index contributed by atoms with van der Waals surface area (Å²) < 4.78 is 10.2. The van der Waals surface area contributed by atoms with Crippen molar-refractivity contribution in [2.24, 2.45) is 0 Å². The minimum atomic E-state index is 0.230. The third-order valence-electron chi connectivity index (χ3n) is 1.33. The van der Waals surface area contributed by atoms with Gasteiger partial charge in [0.05, 0.1) is 6.10 Å². The fraction of sp³-hybridized carbons (Fsp3) is 0.300. The van der Waals surface area contributed by atoms with Crippen molar-refractivity contribution in [3.05, 3.63) is 31.4 Å². The van der Waals surface area contributed by atoms with E-state index in [1.807, 2.05) is 38.1 Å². The molecule has 2 nitrogen and oxygen atoms in total. The first-order chi connectivity index (χ1) is 6.22. The largest absolute Gasteiger partial charge is 0.490 e. The van der Waals surface area contributed by atoms with Crippen LogP contribution in [0.15, 0.2) is 29.2 Å². The quantitative estimate of drug-likeness (QED) is 0.690. The monoisotopic (exact) mass is 197 g/mol. The van der Waals surface area contributed by atoms with Crippen molar-refractivity contribution in [2.75, 3.05) is 0 Å². The zero-order valence-corrected chi connectivity index (χ0v) is 8.64. The number of rotatable bonds is 4. The molecule has 0 bridgehead atoms. The van der Waals surface area contributed by atoms with Crippen LogP contribution in [0.5, 0.6) is 5.75 Å². The Morgan fingerprint density at radius 1 is 1.23 bits per heavy atom. The molecule has 0 saturated carbocycles.